The predicted octanol–water partition coefficient (Wildman–Crippen LogP) is 2.26. The highest BCUT2D eigenvalue weighted by Gasteiger charge is 2.26. The van der Waals surface area contributed by atoms with Gasteiger partial charge in [0.25, 0.3) is 0 Å². The average Bonchev–Trinajstić information content (AvgIpc) is 2.25. The van der Waals surface area contributed by atoms with Gasteiger partial charge < -0.3 is 5.11 Å². The predicted molar refractivity (Wildman–Crippen MR) is 72.6 cm³/mol. The summed E-state index contributed by atoms with van der Waals surface area (Å²) in [4.78, 5) is 10.6. The molecule has 1 aromatic carbocycles. The normalized spacial score (nSPS) is 13.4. The van der Waals surface area contributed by atoms with Crippen LogP contribution in [0, 0.1) is 11.7 Å². The van der Waals surface area contributed by atoms with Gasteiger partial charge in [-0.25, -0.2) is 12.8 Å². The number of hydrogen-bond acceptors (Lipinski definition) is 3. The molecular formula is C12H15ClFNO4S. The Kier molecular flexibility index (Phi) is 5.50. The van der Waals surface area contributed by atoms with Gasteiger partial charge in [-0.3, -0.25) is 4.79 Å². The lowest BCUT2D eigenvalue weighted by Gasteiger charge is -2.16. The van der Waals surface area contributed by atoms with Crippen molar-refractivity contribution in [1.82, 2.24) is 4.72 Å². The quantitative estimate of drug-likeness (QED) is 0.841. The van der Waals surface area contributed by atoms with E-state index in [9.17, 15) is 17.6 Å². The first-order chi connectivity index (χ1) is 9.11. The molecule has 0 radical (unpaired) electrons. The zero-order valence-electron chi connectivity index (χ0n) is 10.9. The van der Waals surface area contributed by atoms with Crippen LogP contribution in [0.25, 0.3) is 0 Å². The van der Waals surface area contributed by atoms with Gasteiger partial charge in [0.05, 0.1) is 4.90 Å². The molecule has 1 rings (SSSR count). The molecule has 0 spiro atoms. The third-order valence-corrected chi connectivity index (χ3v) is 4.12. The first-order valence-corrected chi connectivity index (χ1v) is 7.69. The molecular weight excluding hydrogens is 309 g/mol. The van der Waals surface area contributed by atoms with Crippen LogP contribution in [0.15, 0.2) is 23.1 Å². The van der Waals surface area contributed by atoms with Crippen molar-refractivity contribution in [1.29, 1.82) is 0 Å². The third-order valence-electron chi connectivity index (χ3n) is 2.45. The minimum absolute atomic E-state index is 0.0186. The van der Waals surface area contributed by atoms with Crippen molar-refractivity contribution in [3.63, 3.8) is 0 Å². The Morgan fingerprint density at radius 1 is 1.40 bits per heavy atom. The van der Waals surface area contributed by atoms with Gasteiger partial charge in [0.2, 0.25) is 10.0 Å². The zero-order chi connectivity index (χ0) is 15.5. The van der Waals surface area contributed by atoms with Gasteiger partial charge in [-0.1, -0.05) is 25.4 Å². The average molecular weight is 324 g/mol. The van der Waals surface area contributed by atoms with E-state index in [0.717, 1.165) is 18.2 Å². The summed E-state index contributed by atoms with van der Waals surface area (Å²) in [6.07, 6.45) is 0.123. The second-order valence-corrected chi connectivity index (χ2v) is 6.90. The number of sulfonamides is 1. The van der Waals surface area contributed by atoms with Crippen molar-refractivity contribution >= 4 is 27.6 Å². The Morgan fingerprint density at radius 3 is 2.45 bits per heavy atom. The van der Waals surface area contributed by atoms with Crippen LogP contribution in [0.2, 0.25) is 5.02 Å². The number of rotatable bonds is 6. The first-order valence-electron chi connectivity index (χ1n) is 5.83. The van der Waals surface area contributed by atoms with E-state index in [1.165, 1.54) is 0 Å². The van der Waals surface area contributed by atoms with Gasteiger partial charge in [0.15, 0.2) is 0 Å². The maximum Gasteiger partial charge on any atom is 0.321 e. The van der Waals surface area contributed by atoms with Crippen LogP contribution in [0.1, 0.15) is 20.3 Å². The number of benzene rings is 1. The summed E-state index contributed by atoms with van der Waals surface area (Å²) in [7, 11) is -4.15. The summed E-state index contributed by atoms with van der Waals surface area (Å²) in [6, 6.07) is 1.52. The second kappa shape index (κ2) is 6.51. The number of carboxylic acids is 1. The van der Waals surface area contributed by atoms with Crippen LogP contribution in [0.3, 0.4) is 0 Å². The molecule has 0 saturated heterocycles. The summed E-state index contributed by atoms with van der Waals surface area (Å²) in [5, 5.41) is 8.93. The summed E-state index contributed by atoms with van der Waals surface area (Å²) in [6.45, 7) is 3.53. The molecule has 1 unspecified atom stereocenters. The number of carboxylic acid groups (broad SMARTS) is 1. The van der Waals surface area contributed by atoms with Crippen molar-refractivity contribution in [2.24, 2.45) is 5.92 Å². The summed E-state index contributed by atoms with van der Waals surface area (Å²) >= 11 is 5.59. The molecule has 1 aromatic rings. The largest absolute Gasteiger partial charge is 0.480 e. The summed E-state index contributed by atoms with van der Waals surface area (Å²) in [5.41, 5.74) is 0. The lowest BCUT2D eigenvalue weighted by molar-refractivity contribution is -0.139. The fraction of sp³-hybridized carbons (Fsp3) is 0.417. The number of aliphatic carboxylic acids is 1. The molecule has 1 atom stereocenters. The van der Waals surface area contributed by atoms with Gasteiger partial charge in [0, 0.05) is 5.02 Å². The van der Waals surface area contributed by atoms with Crippen molar-refractivity contribution in [2.45, 2.75) is 31.2 Å². The molecule has 0 saturated carbocycles. The summed E-state index contributed by atoms with van der Waals surface area (Å²) in [5.74, 6) is -2.12. The second-order valence-electron chi connectivity index (χ2n) is 4.75. The van der Waals surface area contributed by atoms with E-state index in [2.05, 4.69) is 0 Å². The van der Waals surface area contributed by atoms with E-state index >= 15 is 0 Å². The topological polar surface area (TPSA) is 83.5 Å². The standard InChI is InChI=1S/C12H15ClFNO4S/c1-7(2)3-11(12(16)17)15-20(18,19)10-5-8(13)4-9(14)6-10/h4-7,11,15H,3H2,1-2H3,(H,16,17). The van der Waals surface area contributed by atoms with Crippen LogP contribution in [-0.2, 0) is 14.8 Å². The van der Waals surface area contributed by atoms with Crippen molar-refractivity contribution < 1.29 is 22.7 Å². The Labute approximate surface area is 121 Å². The maximum absolute atomic E-state index is 13.2. The fourth-order valence-electron chi connectivity index (χ4n) is 1.61. The Bertz CT molecular complexity index is 583. The monoisotopic (exact) mass is 323 g/mol. The van der Waals surface area contributed by atoms with Gasteiger partial charge in [-0.2, -0.15) is 4.72 Å². The molecule has 112 valence electrons. The van der Waals surface area contributed by atoms with E-state index in [0.29, 0.717) is 0 Å². The fourth-order valence-corrected chi connectivity index (χ4v) is 3.15. The number of halogens is 2. The molecule has 0 aliphatic carbocycles. The molecule has 0 fully saturated rings. The number of carbonyl (C=O) groups is 1. The lowest BCUT2D eigenvalue weighted by atomic mass is 10.1. The highest BCUT2D eigenvalue weighted by Crippen LogP contribution is 2.19. The third kappa shape index (κ3) is 4.73. The molecule has 0 amide bonds. The van der Waals surface area contributed by atoms with Crippen LogP contribution in [0.5, 0.6) is 0 Å². The molecule has 0 aromatic heterocycles. The van der Waals surface area contributed by atoms with Crippen molar-refractivity contribution in [3.8, 4) is 0 Å². The van der Waals surface area contributed by atoms with Crippen LogP contribution < -0.4 is 4.72 Å². The molecule has 0 heterocycles. The maximum atomic E-state index is 13.2. The molecule has 0 aliphatic heterocycles. The minimum Gasteiger partial charge on any atom is -0.480 e. The molecule has 20 heavy (non-hydrogen) atoms. The SMILES string of the molecule is CC(C)CC(NS(=O)(=O)c1cc(F)cc(Cl)c1)C(=O)O. The van der Waals surface area contributed by atoms with E-state index in [1.54, 1.807) is 13.8 Å². The van der Waals surface area contributed by atoms with Gasteiger partial charge in [0.1, 0.15) is 11.9 Å². The van der Waals surface area contributed by atoms with E-state index < -0.39 is 32.7 Å². The van der Waals surface area contributed by atoms with Crippen molar-refractivity contribution in [3.05, 3.63) is 29.0 Å². The molecule has 8 heteroatoms. The van der Waals surface area contributed by atoms with Gasteiger partial charge in [-0.15, -0.1) is 0 Å². The van der Waals surface area contributed by atoms with E-state index in [-0.39, 0.29) is 17.4 Å². The Hall–Kier alpha value is -1.18. The highest BCUT2D eigenvalue weighted by molar-refractivity contribution is 7.89. The highest BCUT2D eigenvalue weighted by atomic mass is 35.5. The first kappa shape index (κ1) is 16.9. The minimum atomic E-state index is -4.15. The summed E-state index contributed by atoms with van der Waals surface area (Å²) < 4.78 is 39.3. The molecule has 5 nitrogen and oxygen atoms in total. The lowest BCUT2D eigenvalue weighted by Crippen LogP contribution is -2.41. The Balaban J connectivity index is 3.06. The van der Waals surface area contributed by atoms with E-state index in [4.69, 9.17) is 16.7 Å². The van der Waals surface area contributed by atoms with Gasteiger partial charge >= 0.3 is 5.97 Å². The number of hydrogen-bond donors (Lipinski definition) is 2. The molecule has 0 aliphatic rings. The van der Waals surface area contributed by atoms with Gasteiger partial charge in [-0.05, 0) is 30.5 Å². The van der Waals surface area contributed by atoms with E-state index in [1.807, 2.05) is 4.72 Å². The smallest absolute Gasteiger partial charge is 0.321 e. The van der Waals surface area contributed by atoms with Crippen LogP contribution >= 0.6 is 11.6 Å². The van der Waals surface area contributed by atoms with Crippen LogP contribution in [0.4, 0.5) is 4.39 Å². The molecule has 2 N–H and O–H groups in total. The molecule has 0 bridgehead atoms. The van der Waals surface area contributed by atoms with Crippen LogP contribution in [-0.4, -0.2) is 25.5 Å². The van der Waals surface area contributed by atoms with Crippen molar-refractivity contribution in [2.75, 3.05) is 0 Å². The zero-order valence-corrected chi connectivity index (χ0v) is 12.5. The Morgan fingerprint density at radius 2 is 2.00 bits per heavy atom. The number of nitrogens with one attached hydrogen (secondary N) is 1.